The molecule has 0 aromatic carbocycles. The van der Waals surface area contributed by atoms with Crippen LogP contribution in [0.25, 0.3) is 0 Å². The third-order valence-corrected chi connectivity index (χ3v) is 3.33. The molecule has 0 aromatic heterocycles. The Morgan fingerprint density at radius 1 is 1.50 bits per heavy atom. The van der Waals surface area contributed by atoms with E-state index in [1.54, 1.807) is 6.08 Å². The molecule has 0 N–H and O–H groups in total. The van der Waals surface area contributed by atoms with Crippen LogP contribution in [0.1, 0.15) is 39.0 Å². The highest BCUT2D eigenvalue weighted by Gasteiger charge is 2.35. The van der Waals surface area contributed by atoms with Crippen LogP contribution in [0.5, 0.6) is 0 Å². The van der Waals surface area contributed by atoms with Gasteiger partial charge < -0.3 is 4.74 Å². The van der Waals surface area contributed by atoms with Gasteiger partial charge in [-0.1, -0.05) is 31.7 Å². The number of Topliss-reactive ketones (excluding diaryl/α,β-unsaturated/α-hetero) is 1. The molecule has 1 saturated carbocycles. The average molecular weight is 250 g/mol. The summed E-state index contributed by atoms with van der Waals surface area (Å²) in [6.45, 7) is 5.82. The summed E-state index contributed by atoms with van der Waals surface area (Å²) < 4.78 is 4.98. The summed E-state index contributed by atoms with van der Waals surface area (Å²) in [5, 5.41) is 0. The second-order valence-corrected chi connectivity index (χ2v) is 4.66. The Hall–Kier alpha value is -1.38. The lowest BCUT2D eigenvalue weighted by Crippen LogP contribution is -2.18. The molecule has 1 aliphatic rings. The van der Waals surface area contributed by atoms with Crippen LogP contribution in [0.3, 0.4) is 0 Å². The van der Waals surface area contributed by atoms with Crippen LogP contribution in [0.4, 0.5) is 0 Å². The van der Waals surface area contributed by atoms with Crippen molar-refractivity contribution in [1.82, 2.24) is 0 Å². The second kappa shape index (κ2) is 7.85. The zero-order valence-corrected chi connectivity index (χ0v) is 11.1. The number of carbonyl (C=O) groups excluding carboxylic acids is 2. The van der Waals surface area contributed by atoms with Crippen molar-refractivity contribution in [1.29, 1.82) is 0 Å². The molecule has 3 nitrogen and oxygen atoms in total. The number of hydrogen-bond acceptors (Lipinski definition) is 3. The van der Waals surface area contributed by atoms with E-state index in [1.165, 1.54) is 0 Å². The second-order valence-electron chi connectivity index (χ2n) is 4.66. The van der Waals surface area contributed by atoms with E-state index in [-0.39, 0.29) is 30.2 Å². The standard InChI is InChI=1S/C15H22O3/c1-3-5-6-7-13-12(8-9-14(13)16)11-15(17)18-10-4-2/h4-6,12-13H,2-3,7-11H2,1H3. The van der Waals surface area contributed by atoms with E-state index in [0.717, 1.165) is 19.3 Å². The largest absolute Gasteiger partial charge is 0.461 e. The van der Waals surface area contributed by atoms with Gasteiger partial charge in [-0.3, -0.25) is 9.59 Å². The van der Waals surface area contributed by atoms with Crippen LogP contribution >= 0.6 is 0 Å². The monoisotopic (exact) mass is 250 g/mol. The van der Waals surface area contributed by atoms with Crippen LogP contribution in [-0.4, -0.2) is 18.4 Å². The van der Waals surface area contributed by atoms with Gasteiger partial charge in [-0.2, -0.15) is 0 Å². The Balaban J connectivity index is 2.47. The molecule has 0 saturated heterocycles. The van der Waals surface area contributed by atoms with E-state index in [2.05, 4.69) is 25.7 Å². The minimum atomic E-state index is -0.223. The molecule has 1 aliphatic carbocycles. The molecule has 2 unspecified atom stereocenters. The zero-order chi connectivity index (χ0) is 13.4. The summed E-state index contributed by atoms with van der Waals surface area (Å²) in [7, 11) is 0. The Morgan fingerprint density at radius 2 is 2.28 bits per heavy atom. The molecular weight excluding hydrogens is 228 g/mol. The smallest absolute Gasteiger partial charge is 0.306 e. The highest BCUT2D eigenvalue weighted by atomic mass is 16.5. The minimum Gasteiger partial charge on any atom is -0.461 e. The van der Waals surface area contributed by atoms with Gasteiger partial charge in [-0.05, 0) is 25.2 Å². The number of ketones is 1. The molecule has 0 spiro atoms. The predicted octanol–water partition coefficient (Wildman–Crippen LogP) is 3.06. The lowest BCUT2D eigenvalue weighted by molar-refractivity contribution is -0.143. The van der Waals surface area contributed by atoms with E-state index in [1.807, 2.05) is 0 Å². The van der Waals surface area contributed by atoms with E-state index >= 15 is 0 Å². The number of allylic oxidation sites excluding steroid dienone is 2. The number of hydrogen-bond donors (Lipinski definition) is 0. The Morgan fingerprint density at radius 3 is 2.94 bits per heavy atom. The van der Waals surface area contributed by atoms with Gasteiger partial charge >= 0.3 is 5.97 Å². The summed E-state index contributed by atoms with van der Waals surface area (Å²) in [6, 6.07) is 0. The number of esters is 1. The summed E-state index contributed by atoms with van der Waals surface area (Å²) in [4.78, 5) is 23.3. The molecule has 100 valence electrons. The fraction of sp³-hybridized carbons (Fsp3) is 0.600. The highest BCUT2D eigenvalue weighted by molar-refractivity contribution is 5.84. The van der Waals surface area contributed by atoms with Crippen molar-refractivity contribution in [2.75, 3.05) is 6.61 Å². The van der Waals surface area contributed by atoms with Gasteiger partial charge in [-0.25, -0.2) is 0 Å². The Labute approximate surface area is 109 Å². The van der Waals surface area contributed by atoms with Gasteiger partial charge in [0.15, 0.2) is 0 Å². The van der Waals surface area contributed by atoms with Crippen molar-refractivity contribution in [3.63, 3.8) is 0 Å². The quantitative estimate of drug-likeness (QED) is 0.515. The van der Waals surface area contributed by atoms with E-state index in [0.29, 0.717) is 12.8 Å². The van der Waals surface area contributed by atoms with Crippen LogP contribution in [-0.2, 0) is 14.3 Å². The molecule has 1 fully saturated rings. The molecular formula is C15H22O3. The van der Waals surface area contributed by atoms with E-state index in [9.17, 15) is 9.59 Å². The summed E-state index contributed by atoms with van der Waals surface area (Å²) in [6.07, 6.45) is 9.17. The van der Waals surface area contributed by atoms with Gasteiger partial charge in [-0.15, -0.1) is 0 Å². The van der Waals surface area contributed by atoms with Gasteiger partial charge in [0.1, 0.15) is 12.4 Å². The first-order chi connectivity index (χ1) is 8.69. The number of carbonyl (C=O) groups is 2. The summed E-state index contributed by atoms with van der Waals surface area (Å²) >= 11 is 0. The van der Waals surface area contributed by atoms with E-state index < -0.39 is 0 Å². The molecule has 2 atom stereocenters. The number of ether oxygens (including phenoxy) is 1. The molecule has 0 aromatic rings. The Bertz CT molecular complexity index is 331. The molecule has 0 aliphatic heterocycles. The first kappa shape index (κ1) is 14.7. The third-order valence-electron chi connectivity index (χ3n) is 3.33. The summed E-state index contributed by atoms with van der Waals surface area (Å²) in [5.41, 5.74) is 0. The van der Waals surface area contributed by atoms with Gasteiger partial charge in [0.2, 0.25) is 0 Å². The van der Waals surface area contributed by atoms with Crippen molar-refractivity contribution in [2.45, 2.75) is 39.0 Å². The van der Waals surface area contributed by atoms with Gasteiger partial charge in [0.05, 0.1) is 0 Å². The lowest BCUT2D eigenvalue weighted by atomic mass is 9.89. The van der Waals surface area contributed by atoms with Crippen LogP contribution in [0.2, 0.25) is 0 Å². The first-order valence-electron chi connectivity index (χ1n) is 6.63. The Kier molecular flexibility index (Phi) is 6.40. The van der Waals surface area contributed by atoms with Crippen molar-refractivity contribution >= 4 is 11.8 Å². The zero-order valence-electron chi connectivity index (χ0n) is 11.1. The molecule has 0 radical (unpaired) electrons. The number of rotatable bonds is 7. The topological polar surface area (TPSA) is 43.4 Å². The maximum Gasteiger partial charge on any atom is 0.306 e. The highest BCUT2D eigenvalue weighted by Crippen LogP contribution is 2.34. The normalized spacial score (nSPS) is 23.5. The molecule has 18 heavy (non-hydrogen) atoms. The van der Waals surface area contributed by atoms with E-state index in [4.69, 9.17) is 4.74 Å². The fourth-order valence-electron chi connectivity index (χ4n) is 2.38. The minimum absolute atomic E-state index is 0.00378. The van der Waals surface area contributed by atoms with Crippen molar-refractivity contribution < 1.29 is 14.3 Å². The van der Waals surface area contributed by atoms with Crippen LogP contribution in [0, 0.1) is 11.8 Å². The van der Waals surface area contributed by atoms with Crippen molar-refractivity contribution in [3.05, 3.63) is 24.8 Å². The average Bonchev–Trinajstić information content (AvgIpc) is 2.69. The maximum atomic E-state index is 11.8. The van der Waals surface area contributed by atoms with Crippen LogP contribution in [0.15, 0.2) is 24.8 Å². The van der Waals surface area contributed by atoms with Crippen molar-refractivity contribution in [2.24, 2.45) is 11.8 Å². The molecule has 3 heteroatoms. The molecule has 1 rings (SSSR count). The lowest BCUT2D eigenvalue weighted by Gasteiger charge is -2.15. The van der Waals surface area contributed by atoms with Gasteiger partial charge in [0, 0.05) is 18.8 Å². The van der Waals surface area contributed by atoms with Crippen LogP contribution < -0.4 is 0 Å². The van der Waals surface area contributed by atoms with Gasteiger partial charge in [0.25, 0.3) is 0 Å². The molecule has 0 bridgehead atoms. The van der Waals surface area contributed by atoms with Crippen molar-refractivity contribution in [3.8, 4) is 0 Å². The SMILES string of the molecule is C=CCOC(=O)CC1CCC(=O)C1CC=CCC. The first-order valence-corrected chi connectivity index (χ1v) is 6.63. The molecule has 0 heterocycles. The third kappa shape index (κ3) is 4.47. The molecule has 0 amide bonds. The fourth-order valence-corrected chi connectivity index (χ4v) is 2.38. The predicted molar refractivity (Wildman–Crippen MR) is 71.0 cm³/mol. The summed E-state index contributed by atoms with van der Waals surface area (Å²) in [5.74, 6) is 0.219. The maximum absolute atomic E-state index is 11.8.